The molecule has 0 amide bonds. The Morgan fingerprint density at radius 1 is 1.50 bits per heavy atom. The summed E-state index contributed by atoms with van der Waals surface area (Å²) in [6.07, 6.45) is 1.02. The first-order valence-electron chi connectivity index (χ1n) is 4.38. The molecule has 0 saturated heterocycles. The Morgan fingerprint density at radius 3 is 2.94 bits per heavy atom. The second-order valence-electron chi connectivity index (χ2n) is 3.11. The average molecular weight is 222 g/mol. The highest BCUT2D eigenvalue weighted by Gasteiger charge is 2.12. The molecule has 1 aromatic carbocycles. The van der Waals surface area contributed by atoms with Crippen LogP contribution in [0.3, 0.4) is 0 Å². The van der Waals surface area contributed by atoms with Gasteiger partial charge < -0.3 is 4.74 Å². The van der Waals surface area contributed by atoms with Crippen molar-refractivity contribution in [2.24, 2.45) is 0 Å². The maximum Gasteiger partial charge on any atom is 0.337 e. The van der Waals surface area contributed by atoms with Gasteiger partial charge in [-0.1, -0.05) is 0 Å². The lowest BCUT2D eigenvalue weighted by Crippen LogP contribution is -2.08. The minimum absolute atomic E-state index is 0.01000. The Morgan fingerprint density at radius 2 is 2.25 bits per heavy atom. The molecule has 0 aliphatic heterocycles. The Balaban J connectivity index is 2.80. The van der Waals surface area contributed by atoms with Crippen LogP contribution in [-0.2, 0) is 4.74 Å². The molecule has 0 unspecified atom stereocenters. The fraction of sp³-hybridized carbons (Fsp3) is 0.100. The first kappa shape index (κ1) is 10.3. The summed E-state index contributed by atoms with van der Waals surface area (Å²) in [5.41, 5.74) is -0.497. The molecule has 0 saturated carbocycles. The second kappa shape index (κ2) is 3.73. The topological polar surface area (TPSA) is 72.1 Å². The Labute approximate surface area is 88.9 Å². The molecule has 1 heterocycles. The minimum atomic E-state index is -0.719. The number of hydrogen-bond donors (Lipinski definition) is 1. The molecule has 82 valence electrons. The SMILES string of the molecule is COC(=O)c1cc(F)c2[nH]ncc(=O)c2c1. The number of benzene rings is 1. The lowest BCUT2D eigenvalue weighted by molar-refractivity contribution is 0.0600. The van der Waals surface area contributed by atoms with Gasteiger partial charge in [-0.3, -0.25) is 9.89 Å². The van der Waals surface area contributed by atoms with Gasteiger partial charge in [-0.2, -0.15) is 5.10 Å². The summed E-state index contributed by atoms with van der Waals surface area (Å²) in [6.45, 7) is 0. The number of carbonyl (C=O) groups excluding carboxylic acids is 1. The third-order valence-corrected chi connectivity index (χ3v) is 2.13. The first-order chi connectivity index (χ1) is 7.63. The van der Waals surface area contributed by atoms with Gasteiger partial charge in [-0.15, -0.1) is 0 Å². The van der Waals surface area contributed by atoms with Crippen molar-refractivity contribution in [3.8, 4) is 0 Å². The van der Waals surface area contributed by atoms with Crippen LogP contribution in [0, 0.1) is 5.82 Å². The molecule has 0 aliphatic carbocycles. The zero-order valence-electron chi connectivity index (χ0n) is 8.28. The number of methoxy groups -OCH3 is 1. The van der Waals surface area contributed by atoms with E-state index in [2.05, 4.69) is 14.9 Å². The number of H-pyrrole nitrogens is 1. The second-order valence-corrected chi connectivity index (χ2v) is 3.11. The molecular weight excluding hydrogens is 215 g/mol. The van der Waals surface area contributed by atoms with Crippen LogP contribution in [0.1, 0.15) is 10.4 Å². The summed E-state index contributed by atoms with van der Waals surface area (Å²) < 4.78 is 18.0. The molecule has 6 heteroatoms. The normalized spacial score (nSPS) is 10.4. The number of carbonyl (C=O) groups is 1. The molecule has 0 fully saturated rings. The largest absolute Gasteiger partial charge is 0.465 e. The first-order valence-corrected chi connectivity index (χ1v) is 4.38. The third-order valence-electron chi connectivity index (χ3n) is 2.13. The smallest absolute Gasteiger partial charge is 0.337 e. The lowest BCUT2D eigenvalue weighted by Gasteiger charge is -2.02. The van der Waals surface area contributed by atoms with Crippen LogP contribution in [-0.4, -0.2) is 23.3 Å². The Kier molecular flexibility index (Phi) is 2.40. The van der Waals surface area contributed by atoms with E-state index in [4.69, 9.17) is 0 Å². The summed E-state index contributed by atoms with van der Waals surface area (Å²) in [7, 11) is 1.18. The van der Waals surface area contributed by atoms with Crippen molar-refractivity contribution in [3.05, 3.63) is 39.9 Å². The van der Waals surface area contributed by atoms with Crippen molar-refractivity contribution < 1.29 is 13.9 Å². The number of esters is 1. The number of rotatable bonds is 1. The maximum absolute atomic E-state index is 13.5. The van der Waals surface area contributed by atoms with Crippen LogP contribution in [0.15, 0.2) is 23.1 Å². The number of aromatic nitrogens is 2. The van der Waals surface area contributed by atoms with Crippen molar-refractivity contribution >= 4 is 16.9 Å². The molecule has 1 N–H and O–H groups in total. The molecule has 0 aliphatic rings. The van der Waals surface area contributed by atoms with Gasteiger partial charge in [-0.05, 0) is 12.1 Å². The monoisotopic (exact) mass is 222 g/mol. The number of aromatic amines is 1. The molecule has 2 rings (SSSR count). The van der Waals surface area contributed by atoms with Crippen molar-refractivity contribution in [1.82, 2.24) is 10.2 Å². The molecule has 2 aromatic rings. The summed E-state index contributed by atoms with van der Waals surface area (Å²) >= 11 is 0. The van der Waals surface area contributed by atoms with Crippen LogP contribution in [0.2, 0.25) is 0 Å². The van der Waals surface area contributed by atoms with Gasteiger partial charge in [0.15, 0.2) is 0 Å². The molecule has 0 bridgehead atoms. The summed E-state index contributed by atoms with van der Waals surface area (Å²) in [4.78, 5) is 22.6. The van der Waals surface area contributed by atoms with Gasteiger partial charge in [0.2, 0.25) is 5.43 Å². The molecule has 0 atom stereocenters. The van der Waals surface area contributed by atoms with Gasteiger partial charge in [0.25, 0.3) is 0 Å². The van der Waals surface area contributed by atoms with Crippen LogP contribution >= 0.6 is 0 Å². The zero-order chi connectivity index (χ0) is 11.7. The quantitative estimate of drug-likeness (QED) is 0.726. The molecule has 1 aromatic heterocycles. The van der Waals surface area contributed by atoms with E-state index in [1.165, 1.54) is 13.2 Å². The third kappa shape index (κ3) is 1.54. The zero-order valence-corrected chi connectivity index (χ0v) is 8.28. The lowest BCUT2D eigenvalue weighted by atomic mass is 10.1. The van der Waals surface area contributed by atoms with Crippen molar-refractivity contribution in [1.29, 1.82) is 0 Å². The van der Waals surface area contributed by atoms with E-state index in [0.717, 1.165) is 12.3 Å². The molecule has 0 radical (unpaired) electrons. The number of nitrogens with one attached hydrogen (secondary N) is 1. The van der Waals surface area contributed by atoms with E-state index in [1.54, 1.807) is 0 Å². The van der Waals surface area contributed by atoms with E-state index in [9.17, 15) is 14.0 Å². The van der Waals surface area contributed by atoms with E-state index in [1.807, 2.05) is 0 Å². The van der Waals surface area contributed by atoms with E-state index >= 15 is 0 Å². The highest BCUT2D eigenvalue weighted by atomic mass is 19.1. The molecule has 5 nitrogen and oxygen atoms in total. The minimum Gasteiger partial charge on any atom is -0.465 e. The van der Waals surface area contributed by atoms with Gasteiger partial charge in [-0.25, -0.2) is 9.18 Å². The van der Waals surface area contributed by atoms with Crippen LogP contribution in [0.25, 0.3) is 10.9 Å². The number of fused-ring (bicyclic) bond motifs is 1. The van der Waals surface area contributed by atoms with Crippen molar-refractivity contribution in [2.75, 3.05) is 7.11 Å². The van der Waals surface area contributed by atoms with Crippen molar-refractivity contribution in [2.45, 2.75) is 0 Å². The van der Waals surface area contributed by atoms with Gasteiger partial charge in [0.05, 0.1) is 24.3 Å². The number of ether oxygens (including phenoxy) is 1. The van der Waals surface area contributed by atoms with Crippen molar-refractivity contribution in [3.63, 3.8) is 0 Å². The fourth-order valence-electron chi connectivity index (χ4n) is 1.38. The standard InChI is InChI=1S/C10H7FN2O3/c1-16-10(15)5-2-6-8(14)4-12-13-9(6)7(11)3-5/h2-4H,1H3,(H,13,14). The molecule has 0 spiro atoms. The molecule has 16 heavy (non-hydrogen) atoms. The van der Waals surface area contributed by atoms with E-state index < -0.39 is 17.2 Å². The summed E-state index contributed by atoms with van der Waals surface area (Å²) in [5.74, 6) is -1.42. The summed E-state index contributed by atoms with van der Waals surface area (Å²) in [5, 5.41) is 5.91. The highest BCUT2D eigenvalue weighted by Crippen LogP contribution is 2.14. The Hall–Kier alpha value is -2.24. The van der Waals surface area contributed by atoms with E-state index in [-0.39, 0.29) is 16.5 Å². The maximum atomic E-state index is 13.5. The van der Waals surface area contributed by atoms with Gasteiger partial charge in [0, 0.05) is 0 Å². The Bertz CT molecular complexity index is 621. The van der Waals surface area contributed by atoms with Gasteiger partial charge >= 0.3 is 5.97 Å². The summed E-state index contributed by atoms with van der Waals surface area (Å²) in [6, 6.07) is 2.26. The highest BCUT2D eigenvalue weighted by molar-refractivity contribution is 5.94. The number of halogens is 1. The fourth-order valence-corrected chi connectivity index (χ4v) is 1.38. The van der Waals surface area contributed by atoms with Crippen LogP contribution in [0.4, 0.5) is 4.39 Å². The molecular formula is C10H7FN2O3. The number of nitrogens with zero attached hydrogens (tertiary/aromatic N) is 1. The average Bonchev–Trinajstić information content (AvgIpc) is 2.29. The number of hydrogen-bond acceptors (Lipinski definition) is 4. The van der Waals surface area contributed by atoms with Crippen LogP contribution in [0.5, 0.6) is 0 Å². The van der Waals surface area contributed by atoms with E-state index in [0.29, 0.717) is 0 Å². The predicted molar refractivity (Wildman–Crippen MR) is 53.7 cm³/mol. The van der Waals surface area contributed by atoms with Crippen LogP contribution < -0.4 is 5.43 Å². The van der Waals surface area contributed by atoms with Gasteiger partial charge in [0.1, 0.15) is 11.3 Å². The predicted octanol–water partition coefficient (Wildman–Crippen LogP) is 0.849.